The van der Waals surface area contributed by atoms with Crippen molar-refractivity contribution >= 4 is 6.03 Å². The zero-order chi connectivity index (χ0) is 13.3. The van der Waals surface area contributed by atoms with Crippen LogP contribution in [0.1, 0.15) is 26.2 Å². The summed E-state index contributed by atoms with van der Waals surface area (Å²) in [5, 5.41) is 6.66. The first-order valence-corrected chi connectivity index (χ1v) is 7.67. The molecule has 5 heteroatoms. The molecule has 4 heterocycles. The molecule has 4 fully saturated rings. The molecular formula is C14H26N4O. The maximum absolute atomic E-state index is 12.4. The second-order valence-electron chi connectivity index (χ2n) is 6.45. The van der Waals surface area contributed by atoms with Gasteiger partial charge in [-0.05, 0) is 45.2 Å². The van der Waals surface area contributed by atoms with E-state index >= 15 is 0 Å². The minimum Gasteiger partial charge on any atom is -0.333 e. The third kappa shape index (κ3) is 2.72. The fraction of sp³-hybridized carbons (Fsp3) is 0.929. The quantitative estimate of drug-likeness (QED) is 0.725. The first-order chi connectivity index (χ1) is 9.17. The number of nitrogens with zero attached hydrogens (tertiary/aromatic N) is 2. The summed E-state index contributed by atoms with van der Waals surface area (Å²) < 4.78 is 0. The molecule has 5 nitrogen and oxygen atoms in total. The van der Waals surface area contributed by atoms with E-state index in [0.717, 1.165) is 39.1 Å². The number of piperazine rings is 1. The van der Waals surface area contributed by atoms with Crippen molar-refractivity contribution in [2.75, 3.05) is 45.8 Å². The maximum Gasteiger partial charge on any atom is 0.317 e. The van der Waals surface area contributed by atoms with Gasteiger partial charge < -0.3 is 20.4 Å². The van der Waals surface area contributed by atoms with Gasteiger partial charge >= 0.3 is 6.03 Å². The average molecular weight is 266 g/mol. The molecule has 0 saturated carbocycles. The second kappa shape index (κ2) is 5.29. The molecule has 1 atom stereocenters. The van der Waals surface area contributed by atoms with Crippen LogP contribution in [0.2, 0.25) is 0 Å². The zero-order valence-corrected chi connectivity index (χ0v) is 12.0. The minimum absolute atomic E-state index is 0.00674. The summed E-state index contributed by atoms with van der Waals surface area (Å²) >= 11 is 0. The van der Waals surface area contributed by atoms with Gasteiger partial charge in [-0.1, -0.05) is 0 Å². The maximum atomic E-state index is 12.4. The molecule has 0 aliphatic carbocycles. The predicted octanol–water partition coefficient (Wildman–Crippen LogP) is 0.476. The Morgan fingerprint density at radius 2 is 1.84 bits per heavy atom. The Balaban J connectivity index is 1.65. The van der Waals surface area contributed by atoms with E-state index < -0.39 is 0 Å². The predicted molar refractivity (Wildman–Crippen MR) is 75.2 cm³/mol. The molecule has 0 aromatic carbocycles. The first-order valence-electron chi connectivity index (χ1n) is 7.67. The van der Waals surface area contributed by atoms with Crippen LogP contribution >= 0.6 is 0 Å². The van der Waals surface area contributed by atoms with Crippen molar-refractivity contribution in [1.82, 2.24) is 20.4 Å². The number of fused-ring (bicyclic) bond motifs is 4. The summed E-state index contributed by atoms with van der Waals surface area (Å²) in [4.78, 5) is 16.9. The molecule has 0 spiro atoms. The standard InChI is InChI=1S/C14H26N4O/c1-14(4-9-17-7-2-12(14)3-8-17)16-13(19)18-10-5-15-6-11-18/h12,15H,2-11H2,1H3,(H,16,19). The molecule has 4 rings (SSSR count). The number of rotatable bonds is 1. The number of urea groups is 1. The summed E-state index contributed by atoms with van der Waals surface area (Å²) in [6.07, 6.45) is 3.56. The highest BCUT2D eigenvalue weighted by molar-refractivity contribution is 5.75. The largest absolute Gasteiger partial charge is 0.333 e. The van der Waals surface area contributed by atoms with Crippen LogP contribution in [0.5, 0.6) is 0 Å². The molecule has 108 valence electrons. The Morgan fingerprint density at radius 3 is 2.53 bits per heavy atom. The fourth-order valence-corrected chi connectivity index (χ4v) is 3.74. The van der Waals surface area contributed by atoms with Gasteiger partial charge in [0.25, 0.3) is 0 Å². The highest BCUT2D eigenvalue weighted by Gasteiger charge is 2.41. The lowest BCUT2D eigenvalue weighted by Crippen LogP contribution is -2.58. The van der Waals surface area contributed by atoms with Crippen molar-refractivity contribution in [2.45, 2.75) is 31.7 Å². The topological polar surface area (TPSA) is 47.6 Å². The summed E-state index contributed by atoms with van der Waals surface area (Å²) in [5.41, 5.74) is -0.00674. The lowest BCUT2D eigenvalue weighted by molar-refractivity contribution is 0.151. The molecule has 2 bridgehead atoms. The normalized spacial score (nSPS) is 38.9. The average Bonchev–Trinajstić information content (AvgIpc) is 2.70. The van der Waals surface area contributed by atoms with Gasteiger partial charge in [-0.25, -0.2) is 4.79 Å². The third-order valence-corrected chi connectivity index (χ3v) is 5.23. The molecule has 0 aromatic heterocycles. The smallest absolute Gasteiger partial charge is 0.317 e. The van der Waals surface area contributed by atoms with Gasteiger partial charge in [0.2, 0.25) is 0 Å². The molecule has 0 aromatic rings. The Labute approximate surface area is 115 Å². The molecule has 0 radical (unpaired) electrons. The summed E-state index contributed by atoms with van der Waals surface area (Å²) in [7, 11) is 0. The van der Waals surface area contributed by atoms with Crippen LogP contribution in [0.15, 0.2) is 0 Å². The van der Waals surface area contributed by atoms with Gasteiger partial charge in [0.05, 0.1) is 0 Å². The van der Waals surface area contributed by atoms with E-state index in [2.05, 4.69) is 22.5 Å². The lowest BCUT2D eigenvalue weighted by Gasteiger charge is -2.40. The summed E-state index contributed by atoms with van der Waals surface area (Å²) in [6, 6.07) is 0.143. The highest BCUT2D eigenvalue weighted by atomic mass is 16.2. The van der Waals surface area contributed by atoms with Crippen LogP contribution in [0.4, 0.5) is 4.79 Å². The summed E-state index contributed by atoms with van der Waals surface area (Å²) in [5.74, 6) is 0.651. The molecule has 2 N–H and O–H groups in total. The monoisotopic (exact) mass is 266 g/mol. The van der Waals surface area contributed by atoms with Crippen LogP contribution in [-0.4, -0.2) is 67.2 Å². The van der Waals surface area contributed by atoms with E-state index in [0.29, 0.717) is 5.92 Å². The molecule has 4 aliphatic rings. The molecular weight excluding hydrogens is 240 g/mol. The van der Waals surface area contributed by atoms with Gasteiger partial charge in [-0.15, -0.1) is 0 Å². The molecule has 2 amide bonds. The Hall–Kier alpha value is -0.810. The van der Waals surface area contributed by atoms with Crippen LogP contribution in [0.3, 0.4) is 0 Å². The van der Waals surface area contributed by atoms with Gasteiger partial charge in [-0.3, -0.25) is 0 Å². The first kappa shape index (κ1) is 13.2. The third-order valence-electron chi connectivity index (χ3n) is 5.23. The highest BCUT2D eigenvalue weighted by Crippen LogP contribution is 2.35. The Bertz CT molecular complexity index is 334. The van der Waals surface area contributed by atoms with Crippen LogP contribution in [0, 0.1) is 5.92 Å². The van der Waals surface area contributed by atoms with Crippen LogP contribution in [0.25, 0.3) is 0 Å². The van der Waals surface area contributed by atoms with Gasteiger partial charge in [0.15, 0.2) is 0 Å². The van der Waals surface area contributed by atoms with Crippen LogP contribution in [-0.2, 0) is 0 Å². The number of hydrogen-bond acceptors (Lipinski definition) is 3. The molecule has 4 saturated heterocycles. The number of nitrogens with one attached hydrogen (secondary N) is 2. The fourth-order valence-electron chi connectivity index (χ4n) is 3.74. The number of piperidine rings is 1. The van der Waals surface area contributed by atoms with Crippen LogP contribution < -0.4 is 10.6 Å². The number of carbonyl (C=O) groups is 1. The molecule has 19 heavy (non-hydrogen) atoms. The minimum atomic E-state index is -0.00674. The second-order valence-corrected chi connectivity index (χ2v) is 6.45. The van der Waals surface area contributed by atoms with Gasteiger partial charge in [0.1, 0.15) is 0 Å². The van der Waals surface area contributed by atoms with E-state index in [-0.39, 0.29) is 11.6 Å². The van der Waals surface area contributed by atoms with Crippen molar-refractivity contribution in [1.29, 1.82) is 0 Å². The number of carbonyl (C=O) groups excluding carboxylic acids is 1. The van der Waals surface area contributed by atoms with E-state index in [1.54, 1.807) is 0 Å². The van der Waals surface area contributed by atoms with E-state index in [1.165, 1.54) is 25.9 Å². The molecule has 1 unspecified atom stereocenters. The SMILES string of the molecule is CC1(NC(=O)N2CCNCC2)CCN2CCC1CC2. The zero-order valence-electron chi connectivity index (χ0n) is 12.0. The van der Waals surface area contributed by atoms with Crippen molar-refractivity contribution in [2.24, 2.45) is 5.92 Å². The number of amides is 2. The van der Waals surface area contributed by atoms with E-state index in [1.807, 2.05) is 4.90 Å². The molecule has 4 aliphatic heterocycles. The lowest BCUT2D eigenvalue weighted by atomic mass is 9.79. The Morgan fingerprint density at radius 1 is 1.16 bits per heavy atom. The van der Waals surface area contributed by atoms with E-state index in [9.17, 15) is 4.79 Å². The van der Waals surface area contributed by atoms with Crippen molar-refractivity contribution in [3.63, 3.8) is 0 Å². The van der Waals surface area contributed by atoms with Gasteiger partial charge in [0, 0.05) is 38.3 Å². The van der Waals surface area contributed by atoms with Crippen molar-refractivity contribution in [3.05, 3.63) is 0 Å². The number of hydrogen-bond donors (Lipinski definition) is 2. The van der Waals surface area contributed by atoms with E-state index in [4.69, 9.17) is 0 Å². The Kier molecular flexibility index (Phi) is 3.67. The van der Waals surface area contributed by atoms with Crippen molar-refractivity contribution < 1.29 is 4.79 Å². The summed E-state index contributed by atoms with van der Waals surface area (Å²) in [6.45, 7) is 9.31. The van der Waals surface area contributed by atoms with Crippen molar-refractivity contribution in [3.8, 4) is 0 Å². The van der Waals surface area contributed by atoms with Gasteiger partial charge in [-0.2, -0.15) is 0 Å².